The highest BCUT2D eigenvalue weighted by Crippen LogP contribution is 2.24. The van der Waals surface area contributed by atoms with E-state index in [2.05, 4.69) is 46.4 Å². The molecule has 1 aliphatic heterocycles. The highest BCUT2D eigenvalue weighted by atomic mass is 79.9. The maximum atomic E-state index is 5.76. The van der Waals surface area contributed by atoms with Crippen molar-refractivity contribution in [2.75, 3.05) is 26.2 Å². The first kappa shape index (κ1) is 14.2. The molecular weight excluding hydrogens is 310 g/mol. The second kappa shape index (κ2) is 6.83. The molecule has 100 valence electrons. The highest BCUT2D eigenvalue weighted by Gasteiger charge is 2.21. The minimum Gasteiger partial charge on any atom is -0.492 e. The number of nitrogens with zero attached hydrogens (tertiary/aromatic N) is 1. The molecule has 0 spiro atoms. The van der Waals surface area contributed by atoms with Crippen LogP contribution in [0.4, 0.5) is 0 Å². The summed E-state index contributed by atoms with van der Waals surface area (Å²) in [5.41, 5.74) is 0. The molecule has 1 aromatic carbocycles. The van der Waals surface area contributed by atoms with E-state index in [9.17, 15) is 0 Å². The van der Waals surface area contributed by atoms with Gasteiger partial charge in [0.05, 0.1) is 0 Å². The number of halogens is 1. The minimum absolute atomic E-state index is 0.737. The van der Waals surface area contributed by atoms with E-state index in [4.69, 9.17) is 4.74 Å². The average Bonchev–Trinajstić information content (AvgIpc) is 2.30. The lowest BCUT2D eigenvalue weighted by molar-refractivity contribution is 0.207. The maximum Gasteiger partial charge on any atom is 0.119 e. The molecule has 2 atom stereocenters. The van der Waals surface area contributed by atoms with E-state index >= 15 is 0 Å². The summed E-state index contributed by atoms with van der Waals surface area (Å²) in [6.45, 7) is 8.76. The van der Waals surface area contributed by atoms with E-state index in [1.807, 2.05) is 24.3 Å². The van der Waals surface area contributed by atoms with Gasteiger partial charge in [-0.25, -0.2) is 0 Å². The van der Waals surface area contributed by atoms with Crippen molar-refractivity contribution in [3.63, 3.8) is 0 Å². The Morgan fingerprint density at radius 3 is 2.44 bits per heavy atom. The zero-order valence-corrected chi connectivity index (χ0v) is 13.3. The lowest BCUT2D eigenvalue weighted by atomic mass is 10.3. The number of hydrogen-bond acceptors (Lipinski definition) is 3. The third kappa shape index (κ3) is 4.48. The van der Waals surface area contributed by atoms with Crippen molar-refractivity contribution in [1.82, 2.24) is 4.90 Å². The van der Waals surface area contributed by atoms with Crippen LogP contribution in [0.1, 0.15) is 13.8 Å². The summed E-state index contributed by atoms with van der Waals surface area (Å²) in [6.07, 6.45) is 0. The van der Waals surface area contributed by atoms with Gasteiger partial charge >= 0.3 is 0 Å². The molecule has 0 N–H and O–H groups in total. The van der Waals surface area contributed by atoms with E-state index < -0.39 is 0 Å². The van der Waals surface area contributed by atoms with Crippen LogP contribution in [0.15, 0.2) is 28.7 Å². The van der Waals surface area contributed by atoms with Crippen LogP contribution in [0, 0.1) is 0 Å². The molecule has 2 rings (SSSR count). The van der Waals surface area contributed by atoms with Gasteiger partial charge in [-0.1, -0.05) is 29.8 Å². The van der Waals surface area contributed by atoms with Gasteiger partial charge in [0.15, 0.2) is 0 Å². The Kier molecular flexibility index (Phi) is 5.39. The average molecular weight is 330 g/mol. The standard InChI is InChI=1S/C14H20BrNOS/c1-11-9-16(10-12(2)18-11)7-8-17-14-5-3-13(15)4-6-14/h3-6,11-12H,7-10H2,1-2H3. The van der Waals surface area contributed by atoms with Crippen LogP contribution in [-0.2, 0) is 0 Å². The molecular formula is C14H20BrNOS. The first-order valence-corrected chi connectivity index (χ1v) is 8.13. The summed E-state index contributed by atoms with van der Waals surface area (Å²) in [6, 6.07) is 8.02. The van der Waals surface area contributed by atoms with Gasteiger partial charge in [0, 0.05) is 34.6 Å². The summed E-state index contributed by atoms with van der Waals surface area (Å²) < 4.78 is 6.85. The van der Waals surface area contributed by atoms with E-state index in [1.54, 1.807) is 0 Å². The normalized spacial score (nSPS) is 25.1. The maximum absolute atomic E-state index is 5.76. The van der Waals surface area contributed by atoms with Crippen molar-refractivity contribution in [1.29, 1.82) is 0 Å². The second-order valence-electron chi connectivity index (χ2n) is 4.82. The molecule has 0 aliphatic carbocycles. The van der Waals surface area contributed by atoms with Gasteiger partial charge in [-0.05, 0) is 24.3 Å². The van der Waals surface area contributed by atoms with E-state index in [0.717, 1.165) is 33.9 Å². The van der Waals surface area contributed by atoms with Gasteiger partial charge in [0.25, 0.3) is 0 Å². The molecule has 18 heavy (non-hydrogen) atoms. The van der Waals surface area contributed by atoms with Crippen LogP contribution in [0.25, 0.3) is 0 Å². The quantitative estimate of drug-likeness (QED) is 0.836. The number of hydrogen-bond donors (Lipinski definition) is 0. The molecule has 1 aromatic rings. The first-order valence-electron chi connectivity index (χ1n) is 6.39. The molecule has 4 heteroatoms. The Bertz CT molecular complexity index is 361. The molecule has 1 saturated heterocycles. The smallest absolute Gasteiger partial charge is 0.119 e. The lowest BCUT2D eigenvalue weighted by Crippen LogP contribution is -2.42. The van der Waals surface area contributed by atoms with E-state index in [-0.39, 0.29) is 0 Å². The number of ether oxygens (including phenoxy) is 1. The SMILES string of the molecule is CC1CN(CCOc2ccc(Br)cc2)CC(C)S1. The summed E-state index contributed by atoms with van der Waals surface area (Å²) in [5.74, 6) is 0.950. The van der Waals surface area contributed by atoms with Gasteiger partial charge in [-0.3, -0.25) is 4.90 Å². The second-order valence-corrected chi connectivity index (χ2v) is 7.62. The molecule has 1 heterocycles. The van der Waals surface area contributed by atoms with Crippen molar-refractivity contribution in [3.8, 4) is 5.75 Å². The van der Waals surface area contributed by atoms with Crippen molar-refractivity contribution in [2.24, 2.45) is 0 Å². The Morgan fingerprint density at radius 2 is 1.83 bits per heavy atom. The van der Waals surface area contributed by atoms with Crippen LogP contribution < -0.4 is 4.74 Å². The van der Waals surface area contributed by atoms with Crippen molar-refractivity contribution >= 4 is 27.7 Å². The van der Waals surface area contributed by atoms with E-state index in [1.165, 1.54) is 13.1 Å². The number of thioether (sulfide) groups is 1. The fraction of sp³-hybridized carbons (Fsp3) is 0.571. The molecule has 0 saturated carbocycles. The monoisotopic (exact) mass is 329 g/mol. The lowest BCUT2D eigenvalue weighted by Gasteiger charge is -2.34. The summed E-state index contributed by atoms with van der Waals surface area (Å²) in [5, 5.41) is 1.47. The van der Waals surface area contributed by atoms with Gasteiger partial charge in [0.1, 0.15) is 12.4 Å². The molecule has 1 aliphatic rings. The molecule has 1 fully saturated rings. The van der Waals surface area contributed by atoms with E-state index in [0.29, 0.717) is 0 Å². The van der Waals surface area contributed by atoms with Crippen molar-refractivity contribution < 1.29 is 4.74 Å². The molecule has 2 unspecified atom stereocenters. The first-order chi connectivity index (χ1) is 8.63. The Hall–Kier alpha value is -0.190. The molecule has 0 bridgehead atoms. The van der Waals surface area contributed by atoms with Crippen molar-refractivity contribution in [3.05, 3.63) is 28.7 Å². The zero-order valence-electron chi connectivity index (χ0n) is 10.9. The summed E-state index contributed by atoms with van der Waals surface area (Å²) >= 11 is 5.51. The third-order valence-electron chi connectivity index (χ3n) is 2.99. The Morgan fingerprint density at radius 1 is 1.22 bits per heavy atom. The van der Waals surface area contributed by atoms with Crippen LogP contribution in [-0.4, -0.2) is 41.6 Å². The Balaban J connectivity index is 1.73. The van der Waals surface area contributed by atoms with Crippen molar-refractivity contribution in [2.45, 2.75) is 24.3 Å². The Labute approximate surface area is 122 Å². The van der Waals surface area contributed by atoms with Gasteiger partial charge in [-0.15, -0.1) is 0 Å². The number of benzene rings is 1. The summed E-state index contributed by atoms with van der Waals surface area (Å²) in [4.78, 5) is 2.50. The fourth-order valence-electron chi connectivity index (χ4n) is 2.29. The molecule has 0 aromatic heterocycles. The molecule has 0 radical (unpaired) electrons. The molecule has 0 amide bonds. The predicted molar refractivity (Wildman–Crippen MR) is 82.6 cm³/mol. The minimum atomic E-state index is 0.737. The predicted octanol–water partition coefficient (Wildman–Crippen LogP) is 3.65. The third-order valence-corrected chi connectivity index (χ3v) is 4.74. The largest absolute Gasteiger partial charge is 0.492 e. The summed E-state index contributed by atoms with van der Waals surface area (Å²) in [7, 11) is 0. The van der Waals surface area contributed by atoms with Gasteiger partial charge in [-0.2, -0.15) is 11.8 Å². The van der Waals surface area contributed by atoms with Gasteiger partial charge < -0.3 is 4.74 Å². The van der Waals surface area contributed by atoms with Crippen LogP contribution in [0.5, 0.6) is 5.75 Å². The molecule has 2 nitrogen and oxygen atoms in total. The van der Waals surface area contributed by atoms with Crippen LogP contribution >= 0.6 is 27.7 Å². The fourth-order valence-corrected chi connectivity index (χ4v) is 3.94. The highest BCUT2D eigenvalue weighted by molar-refractivity contribution is 9.10. The van der Waals surface area contributed by atoms with Crippen LogP contribution in [0.3, 0.4) is 0 Å². The topological polar surface area (TPSA) is 12.5 Å². The zero-order chi connectivity index (χ0) is 13.0. The number of rotatable bonds is 4. The van der Waals surface area contributed by atoms with Gasteiger partial charge in [0.2, 0.25) is 0 Å². The van der Waals surface area contributed by atoms with Crippen LogP contribution in [0.2, 0.25) is 0 Å².